The minimum Gasteiger partial charge on any atom is -0.481 e. The van der Waals surface area contributed by atoms with E-state index in [4.69, 9.17) is 5.11 Å². The molecule has 1 atom stereocenters. The van der Waals surface area contributed by atoms with Crippen LogP contribution < -0.4 is 5.32 Å². The average Bonchev–Trinajstić information content (AvgIpc) is 3.05. The lowest BCUT2D eigenvalue weighted by atomic mass is 10.0. The van der Waals surface area contributed by atoms with Crippen molar-refractivity contribution in [3.63, 3.8) is 0 Å². The minimum atomic E-state index is -0.864. The van der Waals surface area contributed by atoms with Gasteiger partial charge in [0.15, 0.2) is 0 Å². The number of nitrogens with one attached hydrogen (secondary N) is 1. The van der Waals surface area contributed by atoms with Crippen molar-refractivity contribution in [3.8, 4) is 0 Å². The Bertz CT molecular complexity index is 776. The zero-order valence-corrected chi connectivity index (χ0v) is 16.5. The molecule has 2 aromatic rings. The molecule has 1 unspecified atom stereocenters. The van der Waals surface area contributed by atoms with Crippen molar-refractivity contribution in [3.05, 3.63) is 53.3 Å². The molecule has 2 N–H and O–H groups in total. The molecule has 0 aliphatic carbocycles. The van der Waals surface area contributed by atoms with Gasteiger partial charge in [0.05, 0.1) is 23.0 Å². The third-order valence-electron chi connectivity index (χ3n) is 4.45. The maximum atomic E-state index is 12.9. The molecule has 2 rings (SSSR count). The van der Waals surface area contributed by atoms with Crippen molar-refractivity contribution in [1.29, 1.82) is 0 Å². The highest BCUT2D eigenvalue weighted by Crippen LogP contribution is 2.20. The first kappa shape index (κ1) is 20.7. The van der Waals surface area contributed by atoms with Gasteiger partial charge in [0.1, 0.15) is 0 Å². The molecular formula is C21H29N3O3. The van der Waals surface area contributed by atoms with Gasteiger partial charge in [-0.2, -0.15) is 5.10 Å². The molecule has 0 saturated heterocycles. The molecule has 0 aliphatic heterocycles. The van der Waals surface area contributed by atoms with E-state index in [1.807, 2.05) is 62.7 Å². The van der Waals surface area contributed by atoms with Crippen LogP contribution in [0.15, 0.2) is 36.5 Å². The average molecular weight is 371 g/mol. The molecule has 0 saturated carbocycles. The number of benzene rings is 1. The molecule has 0 fully saturated rings. The van der Waals surface area contributed by atoms with Crippen LogP contribution >= 0.6 is 0 Å². The first-order valence-electron chi connectivity index (χ1n) is 9.36. The van der Waals surface area contributed by atoms with Gasteiger partial charge in [-0.3, -0.25) is 14.3 Å². The van der Waals surface area contributed by atoms with E-state index in [1.54, 1.807) is 6.20 Å². The summed E-state index contributed by atoms with van der Waals surface area (Å²) in [5.41, 5.74) is 2.29. The van der Waals surface area contributed by atoms with Crippen molar-refractivity contribution in [2.75, 3.05) is 0 Å². The van der Waals surface area contributed by atoms with Gasteiger partial charge in [-0.05, 0) is 45.6 Å². The van der Waals surface area contributed by atoms with E-state index >= 15 is 0 Å². The van der Waals surface area contributed by atoms with Crippen molar-refractivity contribution in [1.82, 2.24) is 15.1 Å². The second kappa shape index (κ2) is 8.84. The zero-order valence-electron chi connectivity index (χ0n) is 16.5. The number of amides is 1. The number of aromatic nitrogens is 2. The number of hydrogen-bond acceptors (Lipinski definition) is 3. The summed E-state index contributed by atoms with van der Waals surface area (Å²) in [4.78, 5) is 23.9. The molecule has 6 nitrogen and oxygen atoms in total. The monoisotopic (exact) mass is 371 g/mol. The van der Waals surface area contributed by atoms with Crippen LogP contribution in [0.5, 0.6) is 0 Å². The molecular weight excluding hydrogens is 342 g/mol. The van der Waals surface area contributed by atoms with Gasteiger partial charge < -0.3 is 10.4 Å². The summed E-state index contributed by atoms with van der Waals surface area (Å²) in [7, 11) is 0. The van der Waals surface area contributed by atoms with Crippen LogP contribution in [-0.2, 0) is 23.2 Å². The second-order valence-corrected chi connectivity index (χ2v) is 7.73. The Morgan fingerprint density at radius 3 is 2.44 bits per heavy atom. The van der Waals surface area contributed by atoms with Crippen LogP contribution in [0.3, 0.4) is 0 Å². The molecule has 0 bridgehead atoms. The highest BCUT2D eigenvalue weighted by molar-refractivity contribution is 5.95. The lowest BCUT2D eigenvalue weighted by Crippen LogP contribution is -2.37. The number of carbonyl (C=O) groups is 2. The zero-order chi connectivity index (χ0) is 20.0. The normalized spacial score (nSPS) is 12.6. The van der Waals surface area contributed by atoms with Gasteiger partial charge in [0.2, 0.25) is 0 Å². The lowest BCUT2D eigenvalue weighted by molar-refractivity contribution is -0.137. The maximum Gasteiger partial charge on any atom is 0.303 e. The fourth-order valence-electron chi connectivity index (χ4n) is 3.17. The summed E-state index contributed by atoms with van der Waals surface area (Å²) < 4.78 is 1.88. The molecule has 1 aromatic carbocycles. The first-order valence-corrected chi connectivity index (χ1v) is 9.36. The summed E-state index contributed by atoms with van der Waals surface area (Å²) in [5.74, 6) is -1.06. The topological polar surface area (TPSA) is 84.2 Å². The Morgan fingerprint density at radius 1 is 1.22 bits per heavy atom. The third kappa shape index (κ3) is 5.67. The number of hydrogen-bond donors (Lipinski definition) is 2. The van der Waals surface area contributed by atoms with Crippen molar-refractivity contribution < 1.29 is 14.7 Å². The summed E-state index contributed by atoms with van der Waals surface area (Å²) in [6.45, 7) is 8.14. The number of carboxylic acids is 1. The van der Waals surface area contributed by atoms with Gasteiger partial charge in [-0.25, -0.2) is 0 Å². The van der Waals surface area contributed by atoms with Crippen LogP contribution in [-0.4, -0.2) is 32.8 Å². The van der Waals surface area contributed by atoms with Gasteiger partial charge >= 0.3 is 5.97 Å². The number of rotatable bonds is 8. The van der Waals surface area contributed by atoms with Gasteiger partial charge in [0, 0.05) is 12.5 Å². The molecule has 0 spiro atoms. The Hall–Kier alpha value is -2.63. The van der Waals surface area contributed by atoms with E-state index in [9.17, 15) is 9.59 Å². The fraction of sp³-hybridized carbons (Fsp3) is 0.476. The first-order chi connectivity index (χ1) is 12.7. The van der Waals surface area contributed by atoms with E-state index in [-0.39, 0.29) is 23.9 Å². The molecule has 146 valence electrons. The van der Waals surface area contributed by atoms with Crippen LogP contribution in [0.25, 0.3) is 0 Å². The molecule has 0 radical (unpaired) electrons. The van der Waals surface area contributed by atoms with Gasteiger partial charge in [-0.1, -0.05) is 37.3 Å². The van der Waals surface area contributed by atoms with Gasteiger partial charge in [0.25, 0.3) is 5.91 Å². The number of carbonyl (C=O) groups excluding carboxylic acids is 1. The molecule has 1 heterocycles. The Kier molecular flexibility index (Phi) is 6.77. The van der Waals surface area contributed by atoms with Crippen molar-refractivity contribution >= 4 is 11.9 Å². The van der Waals surface area contributed by atoms with Crippen LogP contribution in [0.4, 0.5) is 0 Å². The number of nitrogens with zero attached hydrogens (tertiary/aromatic N) is 2. The van der Waals surface area contributed by atoms with Gasteiger partial charge in [-0.15, -0.1) is 0 Å². The Morgan fingerprint density at radius 2 is 1.89 bits per heavy atom. The predicted octanol–water partition coefficient (Wildman–Crippen LogP) is 3.41. The Labute approximate surface area is 160 Å². The smallest absolute Gasteiger partial charge is 0.303 e. The van der Waals surface area contributed by atoms with E-state index in [0.29, 0.717) is 24.8 Å². The molecule has 27 heavy (non-hydrogen) atoms. The Balaban J connectivity index is 2.19. The second-order valence-electron chi connectivity index (χ2n) is 7.73. The SMILES string of the molecule is CCc1c(C(=O)NC(CCC(=O)O)Cc2ccccc2)cnn1C(C)(C)C. The third-order valence-corrected chi connectivity index (χ3v) is 4.45. The van der Waals surface area contributed by atoms with Crippen LogP contribution in [0.1, 0.15) is 62.2 Å². The van der Waals surface area contributed by atoms with Crippen molar-refractivity contribution in [2.24, 2.45) is 0 Å². The fourth-order valence-corrected chi connectivity index (χ4v) is 3.17. The number of aliphatic carboxylic acids is 1. The lowest BCUT2D eigenvalue weighted by Gasteiger charge is -2.23. The highest BCUT2D eigenvalue weighted by Gasteiger charge is 2.24. The summed E-state index contributed by atoms with van der Waals surface area (Å²) >= 11 is 0. The van der Waals surface area contributed by atoms with E-state index in [1.165, 1.54) is 0 Å². The summed E-state index contributed by atoms with van der Waals surface area (Å²) in [5, 5.41) is 16.5. The highest BCUT2D eigenvalue weighted by atomic mass is 16.4. The summed E-state index contributed by atoms with van der Waals surface area (Å²) in [6, 6.07) is 9.52. The number of carboxylic acid groups (broad SMARTS) is 1. The van der Waals surface area contributed by atoms with E-state index in [0.717, 1.165) is 11.3 Å². The molecule has 0 aliphatic rings. The molecule has 1 aromatic heterocycles. The quantitative estimate of drug-likeness (QED) is 0.745. The molecule has 6 heteroatoms. The minimum absolute atomic E-state index is 0.0136. The predicted molar refractivity (Wildman–Crippen MR) is 105 cm³/mol. The van der Waals surface area contributed by atoms with Crippen LogP contribution in [0.2, 0.25) is 0 Å². The van der Waals surface area contributed by atoms with Crippen molar-refractivity contribution in [2.45, 2.75) is 65.0 Å². The molecule has 1 amide bonds. The maximum absolute atomic E-state index is 12.9. The largest absolute Gasteiger partial charge is 0.481 e. The van der Waals surface area contributed by atoms with E-state index in [2.05, 4.69) is 10.4 Å². The van der Waals surface area contributed by atoms with Crippen LogP contribution in [0, 0.1) is 0 Å². The van der Waals surface area contributed by atoms with E-state index < -0.39 is 5.97 Å². The summed E-state index contributed by atoms with van der Waals surface area (Å²) in [6.07, 6.45) is 3.29. The standard InChI is InChI=1S/C21H29N3O3/c1-5-18-17(14-22-24(18)21(2,3)4)20(27)23-16(11-12-19(25)26)13-15-9-7-6-8-10-15/h6-10,14,16H,5,11-13H2,1-4H3,(H,23,27)(H,25,26).